The van der Waals surface area contributed by atoms with E-state index >= 15 is 0 Å². The molecule has 1 amide bonds. The first-order valence-corrected chi connectivity index (χ1v) is 5.20. The zero-order chi connectivity index (χ0) is 11.1. The second-order valence-corrected chi connectivity index (χ2v) is 3.37. The first-order chi connectivity index (χ1) is 7.22. The lowest BCUT2D eigenvalue weighted by Gasteiger charge is -2.03. The van der Waals surface area contributed by atoms with Crippen LogP contribution in [0, 0.1) is 6.92 Å². The molecule has 5 heteroatoms. The Balaban J connectivity index is 2.09. The summed E-state index contributed by atoms with van der Waals surface area (Å²) < 4.78 is 0. The smallest absolute Gasteiger partial charge is 0.221 e. The third-order valence-corrected chi connectivity index (χ3v) is 1.97. The number of H-pyrrole nitrogens is 1. The highest BCUT2D eigenvalue weighted by molar-refractivity contribution is 5.75. The van der Waals surface area contributed by atoms with Crippen molar-refractivity contribution in [2.45, 2.75) is 26.8 Å². The number of hydrogen-bond acceptors (Lipinski definition) is 3. The molecule has 0 aliphatic rings. The maximum absolute atomic E-state index is 11.1. The van der Waals surface area contributed by atoms with Crippen LogP contribution in [0.15, 0.2) is 6.20 Å². The molecule has 0 fully saturated rings. The first-order valence-electron chi connectivity index (χ1n) is 5.20. The third-order valence-electron chi connectivity index (χ3n) is 1.97. The molecule has 15 heavy (non-hydrogen) atoms. The van der Waals surface area contributed by atoms with Gasteiger partial charge in [-0.25, -0.2) is 4.98 Å². The lowest BCUT2D eigenvalue weighted by molar-refractivity contribution is -0.120. The van der Waals surface area contributed by atoms with Crippen LogP contribution >= 0.6 is 0 Å². The molecule has 0 aliphatic carbocycles. The fourth-order valence-electron chi connectivity index (χ4n) is 1.27. The van der Waals surface area contributed by atoms with Crippen LogP contribution in [-0.2, 0) is 11.3 Å². The molecule has 0 spiro atoms. The summed E-state index contributed by atoms with van der Waals surface area (Å²) in [6.45, 7) is 5.93. The number of aromatic nitrogens is 2. The van der Waals surface area contributed by atoms with Crippen molar-refractivity contribution in [3.8, 4) is 0 Å². The molecule has 0 aromatic carbocycles. The van der Waals surface area contributed by atoms with Gasteiger partial charge in [0, 0.05) is 37.9 Å². The number of imidazole rings is 1. The Labute approximate surface area is 89.7 Å². The average molecular weight is 210 g/mol. The molecule has 1 aromatic rings. The van der Waals surface area contributed by atoms with E-state index in [0.717, 1.165) is 18.1 Å². The van der Waals surface area contributed by atoms with E-state index in [1.54, 1.807) is 6.20 Å². The number of aromatic amines is 1. The topological polar surface area (TPSA) is 69.8 Å². The lowest BCUT2D eigenvalue weighted by atomic mass is 10.4. The van der Waals surface area contributed by atoms with E-state index < -0.39 is 0 Å². The van der Waals surface area contributed by atoms with Crippen molar-refractivity contribution in [3.05, 3.63) is 17.7 Å². The summed E-state index contributed by atoms with van der Waals surface area (Å²) >= 11 is 0. The van der Waals surface area contributed by atoms with Gasteiger partial charge in [0.25, 0.3) is 0 Å². The number of aryl methyl sites for hydroxylation is 1. The average Bonchev–Trinajstić information content (AvgIpc) is 2.60. The van der Waals surface area contributed by atoms with E-state index in [1.165, 1.54) is 0 Å². The maximum atomic E-state index is 11.1. The molecule has 1 heterocycles. The van der Waals surface area contributed by atoms with Gasteiger partial charge in [0.2, 0.25) is 5.91 Å². The third kappa shape index (κ3) is 4.60. The van der Waals surface area contributed by atoms with Gasteiger partial charge >= 0.3 is 0 Å². The summed E-state index contributed by atoms with van der Waals surface area (Å²) in [5, 5.41) is 5.92. The van der Waals surface area contributed by atoms with Crippen molar-refractivity contribution in [1.29, 1.82) is 0 Å². The van der Waals surface area contributed by atoms with Crippen molar-refractivity contribution in [1.82, 2.24) is 20.6 Å². The van der Waals surface area contributed by atoms with Gasteiger partial charge in [-0.05, 0) is 13.8 Å². The van der Waals surface area contributed by atoms with Gasteiger partial charge in [0.1, 0.15) is 5.82 Å². The largest absolute Gasteiger partial charge is 0.356 e. The number of hydrogen-bond donors (Lipinski definition) is 3. The number of carbonyl (C=O) groups is 1. The number of rotatable bonds is 6. The molecule has 0 saturated heterocycles. The molecule has 0 aliphatic heterocycles. The van der Waals surface area contributed by atoms with E-state index in [4.69, 9.17) is 0 Å². The molecule has 0 atom stereocenters. The Kier molecular flexibility index (Phi) is 4.83. The fourth-order valence-corrected chi connectivity index (χ4v) is 1.27. The van der Waals surface area contributed by atoms with Crippen LogP contribution in [0.2, 0.25) is 0 Å². The van der Waals surface area contributed by atoms with Crippen molar-refractivity contribution in [2.24, 2.45) is 0 Å². The molecule has 0 radical (unpaired) electrons. The van der Waals surface area contributed by atoms with Gasteiger partial charge in [-0.3, -0.25) is 4.79 Å². The summed E-state index contributed by atoms with van der Waals surface area (Å²) in [4.78, 5) is 18.3. The first kappa shape index (κ1) is 11.7. The Hall–Kier alpha value is -1.36. The van der Waals surface area contributed by atoms with Gasteiger partial charge in [0.05, 0.1) is 0 Å². The minimum Gasteiger partial charge on any atom is -0.356 e. The van der Waals surface area contributed by atoms with E-state index in [9.17, 15) is 4.79 Å². The summed E-state index contributed by atoms with van der Waals surface area (Å²) in [5.41, 5.74) is 1.04. The summed E-state index contributed by atoms with van der Waals surface area (Å²) in [6, 6.07) is 0. The normalized spacial score (nSPS) is 10.3. The highest BCUT2D eigenvalue weighted by atomic mass is 16.1. The quantitative estimate of drug-likeness (QED) is 0.593. The number of carbonyl (C=O) groups excluding carboxylic acids is 1. The summed E-state index contributed by atoms with van der Waals surface area (Å²) in [6.07, 6.45) is 2.31. The van der Waals surface area contributed by atoms with Crippen molar-refractivity contribution in [2.75, 3.05) is 13.1 Å². The van der Waals surface area contributed by atoms with Crippen LogP contribution in [0.4, 0.5) is 0 Å². The highest BCUT2D eigenvalue weighted by Gasteiger charge is 1.99. The maximum Gasteiger partial charge on any atom is 0.221 e. The van der Waals surface area contributed by atoms with Crippen molar-refractivity contribution in [3.63, 3.8) is 0 Å². The van der Waals surface area contributed by atoms with Crippen LogP contribution in [0.25, 0.3) is 0 Å². The van der Waals surface area contributed by atoms with E-state index in [2.05, 4.69) is 20.6 Å². The van der Waals surface area contributed by atoms with Gasteiger partial charge in [-0.15, -0.1) is 0 Å². The Morgan fingerprint density at radius 2 is 2.40 bits per heavy atom. The number of amides is 1. The van der Waals surface area contributed by atoms with E-state index in [-0.39, 0.29) is 5.91 Å². The van der Waals surface area contributed by atoms with E-state index in [0.29, 0.717) is 19.5 Å². The van der Waals surface area contributed by atoms with Crippen LogP contribution in [-0.4, -0.2) is 29.0 Å². The van der Waals surface area contributed by atoms with Gasteiger partial charge in [-0.2, -0.15) is 0 Å². The Bertz CT molecular complexity index is 308. The fraction of sp³-hybridized carbons (Fsp3) is 0.600. The van der Waals surface area contributed by atoms with E-state index in [1.807, 2.05) is 13.8 Å². The monoisotopic (exact) mass is 210 g/mol. The molecule has 3 N–H and O–H groups in total. The minimum atomic E-state index is 0.0887. The molecular formula is C10H18N4O. The molecule has 1 rings (SSSR count). The van der Waals surface area contributed by atoms with Crippen molar-refractivity contribution < 1.29 is 4.79 Å². The molecule has 0 saturated carbocycles. The molecule has 0 unspecified atom stereocenters. The second kappa shape index (κ2) is 6.19. The molecular weight excluding hydrogens is 192 g/mol. The van der Waals surface area contributed by atoms with Crippen molar-refractivity contribution >= 4 is 5.91 Å². The van der Waals surface area contributed by atoms with Crippen LogP contribution in [0.1, 0.15) is 24.9 Å². The number of nitrogens with zero attached hydrogens (tertiary/aromatic N) is 1. The second-order valence-electron chi connectivity index (χ2n) is 3.37. The zero-order valence-corrected chi connectivity index (χ0v) is 9.26. The highest BCUT2D eigenvalue weighted by Crippen LogP contribution is 1.94. The van der Waals surface area contributed by atoms with Crippen LogP contribution in [0.3, 0.4) is 0 Å². The standard InChI is InChI=1S/C10H18N4O/c1-3-12-10(15)4-5-11-6-9-7-13-8(2)14-9/h7,11H,3-6H2,1-2H3,(H,12,15)(H,13,14). The Morgan fingerprint density at radius 3 is 3.00 bits per heavy atom. The van der Waals surface area contributed by atoms with Crippen LogP contribution in [0.5, 0.6) is 0 Å². The summed E-state index contributed by atoms with van der Waals surface area (Å²) in [5.74, 6) is 1.00. The van der Waals surface area contributed by atoms with Gasteiger partial charge in [-0.1, -0.05) is 0 Å². The van der Waals surface area contributed by atoms with Gasteiger partial charge < -0.3 is 15.6 Å². The number of nitrogens with one attached hydrogen (secondary N) is 3. The SMILES string of the molecule is CCNC(=O)CCNCc1cnc(C)[nH]1. The zero-order valence-electron chi connectivity index (χ0n) is 9.26. The molecule has 84 valence electrons. The molecule has 5 nitrogen and oxygen atoms in total. The lowest BCUT2D eigenvalue weighted by Crippen LogP contribution is -2.27. The van der Waals surface area contributed by atoms with Crippen LogP contribution < -0.4 is 10.6 Å². The predicted octanol–water partition coefficient (Wildman–Crippen LogP) is 0.334. The van der Waals surface area contributed by atoms with Gasteiger partial charge in [0.15, 0.2) is 0 Å². The molecule has 1 aromatic heterocycles. The Morgan fingerprint density at radius 1 is 1.60 bits per heavy atom. The minimum absolute atomic E-state index is 0.0887. The predicted molar refractivity (Wildman–Crippen MR) is 58.3 cm³/mol. The molecule has 0 bridgehead atoms. The summed E-state index contributed by atoms with van der Waals surface area (Å²) in [7, 11) is 0.